The van der Waals surface area contributed by atoms with Gasteiger partial charge in [-0.2, -0.15) is 0 Å². The third-order valence-electron chi connectivity index (χ3n) is 8.63. The Hall–Kier alpha value is -3.58. The van der Waals surface area contributed by atoms with Gasteiger partial charge < -0.3 is 44.7 Å². The average molecular weight is 766 g/mol. The van der Waals surface area contributed by atoms with Crippen LogP contribution in [0.2, 0.25) is 0 Å². The molecule has 0 unspecified atom stereocenters. The van der Waals surface area contributed by atoms with Crippen LogP contribution in [0.3, 0.4) is 0 Å². The van der Waals surface area contributed by atoms with E-state index >= 15 is 0 Å². The maximum absolute atomic E-state index is 13.7. The van der Waals surface area contributed by atoms with Crippen LogP contribution in [-0.2, 0) is 23.8 Å². The van der Waals surface area contributed by atoms with Crippen molar-refractivity contribution >= 4 is 23.9 Å². The monoisotopic (exact) mass is 766 g/mol. The number of ether oxygens (including phenoxy) is 5. The molecule has 1 aromatic rings. The van der Waals surface area contributed by atoms with Gasteiger partial charge >= 0.3 is 12.1 Å². The Morgan fingerprint density at radius 3 is 2.04 bits per heavy atom. The first kappa shape index (κ1) is 48.4. The largest absolute Gasteiger partial charge is 0.493 e. The number of hydrogen-bond donors (Lipinski definition) is 4. The number of methoxy groups -OCH3 is 1. The number of aliphatic hydroxyl groups is 1. The van der Waals surface area contributed by atoms with E-state index in [0.29, 0.717) is 44.1 Å². The molecule has 13 heteroatoms. The molecule has 4 atom stereocenters. The summed E-state index contributed by atoms with van der Waals surface area (Å²) in [4.78, 5) is 52.1. The van der Waals surface area contributed by atoms with E-state index < -0.39 is 41.3 Å². The van der Waals surface area contributed by atoms with Crippen LogP contribution in [0.1, 0.15) is 125 Å². The number of amides is 3. The highest BCUT2D eigenvalue weighted by atomic mass is 16.6. The Bertz CT molecular complexity index is 1290. The fourth-order valence-electron chi connectivity index (χ4n) is 5.58. The Kier molecular flexibility index (Phi) is 21.6. The predicted octanol–water partition coefficient (Wildman–Crippen LogP) is 6.44. The number of carbonyl (C=O) groups is 4. The predicted molar refractivity (Wildman–Crippen MR) is 210 cm³/mol. The van der Waals surface area contributed by atoms with Gasteiger partial charge in [-0.3, -0.25) is 9.59 Å². The summed E-state index contributed by atoms with van der Waals surface area (Å²) in [5.41, 5.74) is -1.13. The summed E-state index contributed by atoms with van der Waals surface area (Å²) < 4.78 is 27.7. The zero-order valence-corrected chi connectivity index (χ0v) is 35.1. The molecule has 0 fully saturated rings. The van der Waals surface area contributed by atoms with Crippen LogP contribution >= 0.6 is 0 Å². The van der Waals surface area contributed by atoms with E-state index in [1.807, 2.05) is 27.7 Å². The fourth-order valence-corrected chi connectivity index (χ4v) is 5.58. The van der Waals surface area contributed by atoms with Crippen molar-refractivity contribution in [1.29, 1.82) is 0 Å². The van der Waals surface area contributed by atoms with Gasteiger partial charge in [-0.1, -0.05) is 41.0 Å². The van der Waals surface area contributed by atoms with Crippen LogP contribution in [0.15, 0.2) is 18.2 Å². The molecule has 0 aliphatic carbocycles. The number of unbranched alkanes of at least 4 members (excludes halogenated alkanes) is 2. The van der Waals surface area contributed by atoms with Crippen molar-refractivity contribution in [3.05, 3.63) is 23.8 Å². The zero-order chi connectivity index (χ0) is 41.1. The molecule has 0 heterocycles. The van der Waals surface area contributed by atoms with Gasteiger partial charge in [-0.05, 0) is 104 Å². The van der Waals surface area contributed by atoms with E-state index in [1.54, 1.807) is 66.9 Å². The quantitative estimate of drug-likeness (QED) is 0.0679. The van der Waals surface area contributed by atoms with Crippen molar-refractivity contribution in [2.24, 2.45) is 23.7 Å². The lowest BCUT2D eigenvalue weighted by molar-refractivity contribution is -0.157. The molecule has 0 aliphatic rings. The van der Waals surface area contributed by atoms with Crippen LogP contribution in [0, 0.1) is 23.7 Å². The number of aliphatic hydroxyl groups excluding tert-OH is 1. The zero-order valence-electron chi connectivity index (χ0n) is 35.1. The highest BCUT2D eigenvalue weighted by Gasteiger charge is 2.33. The third kappa shape index (κ3) is 20.2. The second-order valence-corrected chi connectivity index (χ2v) is 16.6. The maximum atomic E-state index is 13.7. The lowest BCUT2D eigenvalue weighted by Gasteiger charge is -2.33. The van der Waals surface area contributed by atoms with Crippen LogP contribution in [-0.4, -0.2) is 92.4 Å². The molecule has 0 spiro atoms. The summed E-state index contributed by atoms with van der Waals surface area (Å²) in [6.07, 6.45) is 1.98. The molecule has 4 N–H and O–H groups in total. The van der Waals surface area contributed by atoms with Gasteiger partial charge in [0.25, 0.3) is 5.91 Å². The molecule has 310 valence electrons. The van der Waals surface area contributed by atoms with Gasteiger partial charge in [-0.15, -0.1) is 0 Å². The summed E-state index contributed by atoms with van der Waals surface area (Å²) in [5, 5.41) is 20.5. The molecule has 0 aliphatic heterocycles. The molecule has 0 bridgehead atoms. The smallest absolute Gasteiger partial charge is 0.407 e. The van der Waals surface area contributed by atoms with E-state index in [-0.39, 0.29) is 54.7 Å². The number of hydrogen-bond acceptors (Lipinski definition) is 10. The molecule has 1 rings (SSSR count). The molecule has 0 saturated carbocycles. The number of esters is 1. The van der Waals surface area contributed by atoms with Crippen molar-refractivity contribution in [3.8, 4) is 11.5 Å². The number of rotatable bonds is 24. The summed E-state index contributed by atoms with van der Waals surface area (Å²) >= 11 is 0. The maximum Gasteiger partial charge on any atom is 0.407 e. The van der Waals surface area contributed by atoms with Crippen LogP contribution in [0.5, 0.6) is 11.5 Å². The molecule has 1 aromatic carbocycles. The second kappa shape index (κ2) is 24.0. The van der Waals surface area contributed by atoms with Crippen LogP contribution in [0.4, 0.5) is 4.79 Å². The highest BCUT2D eigenvalue weighted by Crippen LogP contribution is 2.28. The van der Waals surface area contributed by atoms with Crippen LogP contribution in [0.25, 0.3) is 0 Å². The van der Waals surface area contributed by atoms with Crippen molar-refractivity contribution in [2.75, 3.05) is 40.0 Å². The van der Waals surface area contributed by atoms with E-state index in [0.717, 1.165) is 19.3 Å². The Morgan fingerprint density at radius 1 is 0.815 bits per heavy atom. The molecule has 0 aromatic heterocycles. The van der Waals surface area contributed by atoms with E-state index in [2.05, 4.69) is 22.9 Å². The minimum atomic E-state index is -1.06. The van der Waals surface area contributed by atoms with Crippen LogP contribution < -0.4 is 25.4 Å². The van der Waals surface area contributed by atoms with Gasteiger partial charge in [0.2, 0.25) is 5.91 Å². The van der Waals surface area contributed by atoms with Gasteiger partial charge in [-0.25, -0.2) is 9.59 Å². The molecule has 0 saturated heterocycles. The molecule has 13 nitrogen and oxygen atoms in total. The Balaban J connectivity index is 3.25. The standard InChI is InChI=1S/C41H71N3O10/c1-13-14-19-42-38(48)32(28(4)5)24-34(45)33(44-39(49)54-41(9,10)11)22-29(27(2)3)25-43-37(47)31-18-17-30(52-26-36(46)53-40(6,7)8)23-35(31)51-21-16-15-20-50-12/h17-18,23,27-29,32-34,45H,13-16,19-22,24-26H2,1-12H3,(H,42,48)(H,43,47)(H,44,49)/t29-,32+,33+,34+/m1/s1. The average Bonchev–Trinajstić information content (AvgIpc) is 3.05. The molecule has 54 heavy (non-hydrogen) atoms. The van der Waals surface area contributed by atoms with E-state index in [4.69, 9.17) is 23.7 Å². The first-order valence-electron chi connectivity index (χ1n) is 19.5. The minimum Gasteiger partial charge on any atom is -0.493 e. The van der Waals surface area contributed by atoms with E-state index in [1.165, 1.54) is 0 Å². The summed E-state index contributed by atoms with van der Waals surface area (Å²) in [6.45, 7) is 22.0. The van der Waals surface area contributed by atoms with Gasteiger partial charge in [0.05, 0.1) is 24.3 Å². The first-order valence-corrected chi connectivity index (χ1v) is 19.5. The molecular weight excluding hydrogens is 694 g/mol. The van der Waals surface area contributed by atoms with Crippen molar-refractivity contribution in [2.45, 2.75) is 138 Å². The normalized spacial score (nSPS) is 14.1. The summed E-state index contributed by atoms with van der Waals surface area (Å²) in [6, 6.07) is 4.00. The number of carbonyl (C=O) groups excluding carboxylic acids is 4. The van der Waals surface area contributed by atoms with Crippen molar-refractivity contribution < 1.29 is 48.0 Å². The van der Waals surface area contributed by atoms with Crippen molar-refractivity contribution in [3.63, 3.8) is 0 Å². The van der Waals surface area contributed by atoms with E-state index in [9.17, 15) is 24.3 Å². The number of benzene rings is 1. The first-order chi connectivity index (χ1) is 25.2. The SMILES string of the molecule is CCCCNC(=O)[C@@H](C[C@H](O)[C@H](C[C@H](CNC(=O)c1ccc(OCC(=O)OC(C)(C)C)cc1OCCCCOC)C(C)C)NC(=O)OC(C)(C)C)C(C)C. The topological polar surface area (TPSA) is 171 Å². The van der Waals surface area contributed by atoms with Crippen molar-refractivity contribution in [1.82, 2.24) is 16.0 Å². The summed E-state index contributed by atoms with van der Waals surface area (Å²) in [5.74, 6) is -1.06. The minimum absolute atomic E-state index is 0.0406. The number of alkyl carbamates (subject to hydrolysis) is 1. The third-order valence-corrected chi connectivity index (χ3v) is 8.63. The number of nitrogens with one attached hydrogen (secondary N) is 3. The molecule has 3 amide bonds. The van der Waals surface area contributed by atoms with Gasteiger partial charge in [0.1, 0.15) is 22.7 Å². The lowest BCUT2D eigenvalue weighted by atomic mass is 9.82. The molecular formula is C41H71N3O10. The van der Waals surface area contributed by atoms with Gasteiger partial charge in [0, 0.05) is 38.8 Å². The second-order valence-electron chi connectivity index (χ2n) is 16.6. The Morgan fingerprint density at radius 2 is 1.46 bits per heavy atom. The highest BCUT2D eigenvalue weighted by molar-refractivity contribution is 5.97. The Labute approximate surface area is 324 Å². The van der Waals surface area contributed by atoms with Gasteiger partial charge in [0.15, 0.2) is 6.61 Å². The lowest BCUT2D eigenvalue weighted by Crippen LogP contribution is -2.49. The molecule has 0 radical (unpaired) electrons. The fraction of sp³-hybridized carbons (Fsp3) is 0.756. The summed E-state index contributed by atoms with van der Waals surface area (Å²) in [7, 11) is 1.63.